The minimum Gasteiger partial charge on any atom is -0.506 e. The van der Waals surface area contributed by atoms with Gasteiger partial charge in [0.1, 0.15) is 71.1 Å². The van der Waals surface area contributed by atoms with E-state index in [4.69, 9.17) is 4.74 Å². The number of nitrogens with one attached hydrogen (secondary N) is 2. The first kappa shape index (κ1) is 61.8. The van der Waals surface area contributed by atoms with Gasteiger partial charge in [0.05, 0.1) is 53.2 Å². The maximum Gasteiger partial charge on any atom is 0.259 e. The fraction of sp³-hybridized carbons (Fsp3) is 0.333. The van der Waals surface area contributed by atoms with Crippen molar-refractivity contribution in [3.63, 3.8) is 0 Å². The molecule has 12 rings (SSSR count). The van der Waals surface area contributed by atoms with E-state index in [-0.39, 0.29) is 110 Å². The summed E-state index contributed by atoms with van der Waals surface area (Å²) in [5, 5.41) is 33.2. The summed E-state index contributed by atoms with van der Waals surface area (Å²) >= 11 is 2.87. The number of amides is 2. The Hall–Kier alpha value is -6.44. The van der Waals surface area contributed by atoms with Crippen LogP contribution in [0.2, 0.25) is 0 Å². The van der Waals surface area contributed by atoms with Gasteiger partial charge in [-0.05, 0) is 87.8 Å². The summed E-state index contributed by atoms with van der Waals surface area (Å²) in [4.78, 5) is 43.9. The van der Waals surface area contributed by atoms with E-state index in [0.29, 0.717) is 45.9 Å². The molecule has 2 aliphatic carbocycles. The molecule has 8 aromatic rings. The number of halogens is 5. The topological polar surface area (TPSA) is 210 Å². The molecule has 2 saturated carbocycles. The van der Waals surface area contributed by atoms with Crippen LogP contribution in [0.3, 0.4) is 0 Å². The van der Waals surface area contributed by atoms with E-state index >= 15 is 4.39 Å². The molecule has 0 bridgehead atoms. The Kier molecular flexibility index (Phi) is 22.0. The maximum absolute atomic E-state index is 15.1. The number of aromatic hydroxyl groups is 1. The third kappa shape index (κ3) is 14.5. The van der Waals surface area contributed by atoms with Crippen molar-refractivity contribution in [1.29, 1.82) is 0 Å². The molecule has 0 radical (unpaired) electrons. The van der Waals surface area contributed by atoms with Crippen molar-refractivity contribution in [2.75, 3.05) is 35.9 Å². The number of aryl methyl sites for hydroxylation is 2. The summed E-state index contributed by atoms with van der Waals surface area (Å²) in [5.41, 5.74) is 3.27. The predicted molar refractivity (Wildman–Crippen MR) is 285 cm³/mol. The third-order valence-corrected chi connectivity index (χ3v) is 13.2. The zero-order chi connectivity index (χ0) is 52.0. The Morgan fingerprint density at radius 2 is 1.13 bits per heavy atom. The van der Waals surface area contributed by atoms with Crippen LogP contribution in [0.15, 0.2) is 85.7 Å². The first-order chi connectivity index (χ1) is 36.6. The number of ether oxygens (including phenoxy) is 1. The second-order valence-electron chi connectivity index (χ2n) is 18.3. The summed E-state index contributed by atoms with van der Waals surface area (Å²) in [6, 6.07) is 15.1. The molecule has 0 unspecified atom stereocenters. The van der Waals surface area contributed by atoms with E-state index in [2.05, 4.69) is 66.9 Å². The Morgan fingerprint density at radius 1 is 0.658 bits per heavy atom. The van der Waals surface area contributed by atoms with Gasteiger partial charge in [-0.3, -0.25) is 14.0 Å². The first-order valence-electron chi connectivity index (χ1n) is 24.8. The molecule has 2 amide bonds. The van der Waals surface area contributed by atoms with Gasteiger partial charge in [0.15, 0.2) is 11.6 Å². The van der Waals surface area contributed by atoms with Crippen LogP contribution >= 0.6 is 15.9 Å². The van der Waals surface area contributed by atoms with Crippen molar-refractivity contribution >= 4 is 39.4 Å². The van der Waals surface area contributed by atoms with Crippen LogP contribution in [0.25, 0.3) is 34.4 Å². The van der Waals surface area contributed by atoms with Gasteiger partial charge in [0, 0.05) is 110 Å². The molecule has 4 aliphatic rings. The Morgan fingerprint density at radius 3 is 1.59 bits per heavy atom. The van der Waals surface area contributed by atoms with Gasteiger partial charge in [-0.25, -0.2) is 33.1 Å². The number of carbonyl (C=O) groups is 2. The molecular weight excluding hydrogens is 1430 g/mol. The van der Waals surface area contributed by atoms with Crippen molar-refractivity contribution in [3.8, 4) is 45.9 Å². The zero-order valence-electron chi connectivity index (χ0n) is 43.3. The number of benzene rings is 2. The number of alkyl halides is 3. The number of aromatic nitrogens is 12. The number of imidazole rings is 2. The molecular formula is C54H57BrF4N14O4W2-2. The summed E-state index contributed by atoms with van der Waals surface area (Å²) < 4.78 is 66.0. The summed E-state index contributed by atoms with van der Waals surface area (Å²) in [6.07, 6.45) is 17.1. The SMILES string of the molecule is FCCBr.O=C(Nc1cccc(-c2nnc3n2CCCC3)n1)c1cc(-n2cnc(C3CC3)c2)c(O)cc1F.O=C(Nc1cccc(-c2nnc3n2CCCC3)n1)c1cc(-n2cnc(C3CC3)c2)c(OCCF)cc1F.[CH3-].[CH3-].[W].[W]. The van der Waals surface area contributed by atoms with Crippen molar-refractivity contribution in [1.82, 2.24) is 58.6 Å². The van der Waals surface area contributed by atoms with E-state index in [9.17, 15) is 27.9 Å². The van der Waals surface area contributed by atoms with Gasteiger partial charge in [0.2, 0.25) is 0 Å². The number of rotatable bonds is 14. The van der Waals surface area contributed by atoms with Crippen LogP contribution in [0.5, 0.6) is 11.5 Å². The van der Waals surface area contributed by atoms with Gasteiger partial charge in [-0.15, -0.1) is 20.4 Å². The summed E-state index contributed by atoms with van der Waals surface area (Å²) in [5.74, 6) is 1.40. The minimum atomic E-state index is -0.830. The largest absolute Gasteiger partial charge is 0.506 e. The summed E-state index contributed by atoms with van der Waals surface area (Å²) in [7, 11) is 0. The number of hydrogen-bond donors (Lipinski definition) is 3. The second kappa shape index (κ2) is 28.1. The molecule has 416 valence electrons. The molecule has 0 spiro atoms. The monoisotopic (exact) mass is 1490 g/mol. The molecule has 8 heterocycles. The number of nitrogens with zero attached hydrogens (tertiary/aromatic N) is 12. The normalized spacial score (nSPS) is 13.9. The first-order valence-corrected chi connectivity index (χ1v) is 25.9. The number of pyridine rings is 2. The number of fused-ring (bicyclic) bond motifs is 2. The average Bonchev–Trinajstić information content (AvgIpc) is 4.24. The number of phenolic OH excluding ortho intramolecular Hbond substituents is 1. The quantitative estimate of drug-likeness (QED) is 0.0528. The molecule has 3 N–H and O–H groups in total. The smallest absolute Gasteiger partial charge is 0.259 e. The molecule has 2 aromatic carbocycles. The number of anilines is 2. The van der Waals surface area contributed by atoms with Gasteiger partial charge in [-0.1, -0.05) is 28.1 Å². The second-order valence-corrected chi connectivity index (χ2v) is 19.1. The Bertz CT molecular complexity index is 3360. The van der Waals surface area contributed by atoms with E-state index in [1.807, 2.05) is 15.3 Å². The van der Waals surface area contributed by atoms with Crippen LogP contribution in [-0.4, -0.2) is 101 Å². The van der Waals surface area contributed by atoms with Crippen molar-refractivity contribution in [3.05, 3.63) is 146 Å². The van der Waals surface area contributed by atoms with Crippen LogP contribution in [0.4, 0.5) is 29.2 Å². The Labute approximate surface area is 491 Å². The van der Waals surface area contributed by atoms with Gasteiger partial charge in [0.25, 0.3) is 11.8 Å². The molecule has 2 aliphatic heterocycles. The third-order valence-electron chi connectivity index (χ3n) is 12.9. The van der Waals surface area contributed by atoms with E-state index in [1.165, 1.54) is 12.1 Å². The zero-order valence-corrected chi connectivity index (χ0v) is 50.7. The predicted octanol–water partition coefficient (Wildman–Crippen LogP) is 10.6. The number of phenols is 1. The van der Waals surface area contributed by atoms with Gasteiger partial charge in [-0.2, -0.15) is 0 Å². The molecule has 25 heteroatoms. The average molecular weight is 1490 g/mol. The Balaban J connectivity index is 0.000000229. The fourth-order valence-electron chi connectivity index (χ4n) is 8.86. The van der Waals surface area contributed by atoms with E-state index in [1.54, 1.807) is 64.4 Å². The number of hydrogen-bond acceptors (Lipinski definition) is 12. The summed E-state index contributed by atoms with van der Waals surface area (Å²) in [6.45, 7) is 0.425. The molecule has 0 atom stereocenters. The standard InChI is InChI=1S/C26H25F2N7O2.C24H22FN7O2.C2H4BrF.2CH3.2W/c27-9-11-37-22-13-18(28)17(12-21(22)34-14-20(29-15-34)16-7-8-16)26(36)31-23-5-3-4-19(30-23)25-33-32-24-6-1-2-10-35(24)25;25-16-11-20(33)19(31-12-18(26-13-31)14-7-8-14)10-15(16)24(34)28-21-5-3-4-17(27-21)23-30-29-22-6-1-2-9-32(22)23;3-1-2-4;;;;/h3-5,12-16H,1-2,6-11H2,(H,30,31,36);3-5,10-14,33H,1-2,6-9H2,(H,27,28,34);1-2H2;2*1H3;;/q;;;2*-1;;. The van der Waals surface area contributed by atoms with Crippen molar-refractivity contribution < 1.29 is 79.1 Å². The van der Waals surface area contributed by atoms with Crippen LogP contribution < -0.4 is 15.4 Å². The maximum atomic E-state index is 15.1. The van der Waals surface area contributed by atoms with Gasteiger partial charge < -0.3 is 53.6 Å². The molecule has 18 nitrogen and oxygen atoms in total. The number of carbonyl (C=O) groups excluding carboxylic acids is 2. The van der Waals surface area contributed by atoms with Crippen LogP contribution in [-0.2, 0) is 68.1 Å². The van der Waals surface area contributed by atoms with E-state index < -0.39 is 30.1 Å². The minimum absolute atomic E-state index is 0. The van der Waals surface area contributed by atoms with Gasteiger partial charge >= 0.3 is 0 Å². The van der Waals surface area contributed by atoms with E-state index in [0.717, 1.165) is 112 Å². The molecule has 2 fully saturated rings. The van der Waals surface area contributed by atoms with Crippen molar-refractivity contribution in [2.45, 2.75) is 89.1 Å². The van der Waals surface area contributed by atoms with Crippen molar-refractivity contribution in [2.24, 2.45) is 0 Å². The molecule has 79 heavy (non-hydrogen) atoms. The molecule has 0 saturated heterocycles. The van der Waals surface area contributed by atoms with Crippen LogP contribution in [0.1, 0.15) is 107 Å². The fourth-order valence-corrected chi connectivity index (χ4v) is 8.86. The van der Waals surface area contributed by atoms with Crippen LogP contribution in [0, 0.1) is 26.5 Å². The molecule has 6 aromatic heterocycles.